The molecule has 1 aliphatic heterocycles. The number of aryl methyl sites for hydroxylation is 1. The molecule has 132 valence electrons. The van der Waals surface area contributed by atoms with Crippen molar-refractivity contribution in [3.05, 3.63) is 59.9 Å². The number of anilines is 1. The summed E-state index contributed by atoms with van der Waals surface area (Å²) in [6.07, 6.45) is 0. The summed E-state index contributed by atoms with van der Waals surface area (Å²) >= 11 is 0. The van der Waals surface area contributed by atoms with E-state index in [0.29, 0.717) is 0 Å². The summed E-state index contributed by atoms with van der Waals surface area (Å²) < 4.78 is 40.9. The van der Waals surface area contributed by atoms with E-state index in [4.69, 9.17) is 0 Å². The minimum Gasteiger partial charge on any atom is -0.307 e. The molecular weight excluding hydrogens is 343 g/mol. The van der Waals surface area contributed by atoms with Crippen LogP contribution in [-0.4, -0.2) is 37.8 Å². The summed E-state index contributed by atoms with van der Waals surface area (Å²) in [5.74, 6) is -0.930. The van der Waals surface area contributed by atoms with Gasteiger partial charge in [0.15, 0.2) is 0 Å². The molecule has 1 heterocycles. The highest BCUT2D eigenvalue weighted by atomic mass is 32.2. The number of halogens is 1. The van der Waals surface area contributed by atoms with Crippen LogP contribution in [0.4, 0.5) is 10.1 Å². The number of carbonyl (C=O) groups excluding carboxylic acids is 1. The first-order valence-corrected chi connectivity index (χ1v) is 9.41. The summed E-state index contributed by atoms with van der Waals surface area (Å²) in [5.41, 5.74) is 1.02. The average molecular weight is 362 g/mol. The molecule has 1 saturated heterocycles. The van der Waals surface area contributed by atoms with E-state index in [0.717, 1.165) is 5.56 Å². The monoisotopic (exact) mass is 362 g/mol. The Kier molecular flexibility index (Phi) is 4.62. The second-order valence-corrected chi connectivity index (χ2v) is 7.94. The minimum atomic E-state index is -3.78. The molecule has 0 radical (unpaired) electrons. The maximum absolute atomic E-state index is 14.1. The fourth-order valence-electron chi connectivity index (χ4n) is 2.98. The van der Waals surface area contributed by atoms with Gasteiger partial charge in [0.25, 0.3) is 0 Å². The van der Waals surface area contributed by atoms with E-state index in [9.17, 15) is 17.6 Å². The van der Waals surface area contributed by atoms with Gasteiger partial charge in [0.1, 0.15) is 11.9 Å². The first kappa shape index (κ1) is 17.6. The smallest absolute Gasteiger partial charge is 0.245 e. The second-order valence-electron chi connectivity index (χ2n) is 6.05. The molecule has 0 unspecified atom stereocenters. The van der Waals surface area contributed by atoms with Crippen molar-refractivity contribution in [1.82, 2.24) is 4.31 Å². The Hall–Kier alpha value is -2.25. The molecule has 0 saturated carbocycles. The molecular formula is C18H19FN2O3S. The Morgan fingerprint density at radius 1 is 1.08 bits per heavy atom. The number of carbonyl (C=O) groups is 1. The zero-order chi connectivity index (χ0) is 18.2. The van der Waals surface area contributed by atoms with Gasteiger partial charge >= 0.3 is 0 Å². The van der Waals surface area contributed by atoms with Crippen molar-refractivity contribution in [2.45, 2.75) is 24.8 Å². The van der Waals surface area contributed by atoms with Crippen molar-refractivity contribution in [2.24, 2.45) is 0 Å². The Balaban J connectivity index is 1.91. The maximum Gasteiger partial charge on any atom is 0.245 e. The SMILES string of the molecule is Cc1ccc(F)c(N2CCN(S(=O)(=O)c3ccccc3)[C@H](C)C2=O)c1. The zero-order valence-electron chi connectivity index (χ0n) is 14.0. The van der Waals surface area contributed by atoms with Crippen molar-refractivity contribution >= 4 is 21.6 Å². The topological polar surface area (TPSA) is 57.7 Å². The largest absolute Gasteiger partial charge is 0.307 e. The highest BCUT2D eigenvalue weighted by Crippen LogP contribution is 2.27. The van der Waals surface area contributed by atoms with Gasteiger partial charge in [-0.25, -0.2) is 12.8 Å². The molecule has 1 fully saturated rings. The van der Waals surface area contributed by atoms with Crippen LogP contribution in [0.1, 0.15) is 12.5 Å². The molecule has 25 heavy (non-hydrogen) atoms. The molecule has 0 bridgehead atoms. The van der Waals surface area contributed by atoms with Gasteiger partial charge in [0.2, 0.25) is 15.9 Å². The lowest BCUT2D eigenvalue weighted by atomic mass is 10.1. The molecule has 0 aromatic heterocycles. The van der Waals surface area contributed by atoms with Gasteiger partial charge in [-0.2, -0.15) is 4.31 Å². The van der Waals surface area contributed by atoms with E-state index >= 15 is 0 Å². The van der Waals surface area contributed by atoms with Crippen LogP contribution in [0, 0.1) is 12.7 Å². The minimum absolute atomic E-state index is 0.107. The molecule has 0 aliphatic carbocycles. The molecule has 2 aromatic carbocycles. The van der Waals surface area contributed by atoms with Crippen LogP contribution >= 0.6 is 0 Å². The molecule has 5 nitrogen and oxygen atoms in total. The van der Waals surface area contributed by atoms with Crippen molar-refractivity contribution < 1.29 is 17.6 Å². The summed E-state index contributed by atoms with van der Waals surface area (Å²) in [6.45, 7) is 3.56. The number of benzene rings is 2. The number of rotatable bonds is 3. The fraction of sp³-hybridized carbons (Fsp3) is 0.278. The lowest BCUT2D eigenvalue weighted by Crippen LogP contribution is -2.57. The predicted octanol–water partition coefficient (Wildman–Crippen LogP) is 2.56. The van der Waals surface area contributed by atoms with E-state index < -0.39 is 27.8 Å². The maximum atomic E-state index is 14.1. The third kappa shape index (κ3) is 3.17. The predicted molar refractivity (Wildman–Crippen MR) is 93.3 cm³/mol. The molecule has 0 N–H and O–H groups in total. The van der Waals surface area contributed by atoms with Crippen LogP contribution in [0.15, 0.2) is 53.4 Å². The molecule has 1 amide bonds. The normalized spacial score (nSPS) is 19.2. The van der Waals surface area contributed by atoms with Gasteiger partial charge in [-0.3, -0.25) is 4.79 Å². The first-order valence-electron chi connectivity index (χ1n) is 7.97. The van der Waals surface area contributed by atoms with E-state index in [2.05, 4.69) is 0 Å². The lowest BCUT2D eigenvalue weighted by Gasteiger charge is -2.38. The van der Waals surface area contributed by atoms with Crippen LogP contribution in [0.25, 0.3) is 0 Å². The van der Waals surface area contributed by atoms with Crippen LogP contribution < -0.4 is 4.90 Å². The average Bonchev–Trinajstić information content (AvgIpc) is 2.60. The van der Waals surface area contributed by atoms with Crippen LogP contribution in [0.3, 0.4) is 0 Å². The summed E-state index contributed by atoms with van der Waals surface area (Å²) in [4.78, 5) is 14.2. The van der Waals surface area contributed by atoms with Crippen LogP contribution in [-0.2, 0) is 14.8 Å². The van der Waals surface area contributed by atoms with E-state index in [1.54, 1.807) is 30.3 Å². The number of piperazine rings is 1. The number of sulfonamides is 1. The fourth-order valence-corrected chi connectivity index (χ4v) is 4.58. The molecule has 7 heteroatoms. The van der Waals surface area contributed by atoms with Gasteiger partial charge in [0, 0.05) is 13.1 Å². The third-order valence-corrected chi connectivity index (χ3v) is 6.33. The quantitative estimate of drug-likeness (QED) is 0.843. The molecule has 0 spiro atoms. The summed E-state index contributed by atoms with van der Waals surface area (Å²) in [7, 11) is -3.78. The van der Waals surface area contributed by atoms with Gasteiger partial charge in [-0.15, -0.1) is 0 Å². The Labute approximate surface area is 146 Å². The van der Waals surface area contributed by atoms with Crippen molar-refractivity contribution in [3.8, 4) is 0 Å². The molecule has 3 rings (SSSR count). The number of amides is 1. The van der Waals surface area contributed by atoms with E-state index in [1.807, 2.05) is 6.92 Å². The summed E-state index contributed by atoms with van der Waals surface area (Å²) in [6, 6.07) is 11.6. The standard InChI is InChI=1S/C18H19FN2O3S/c1-13-8-9-16(19)17(12-13)20-10-11-21(14(2)18(20)22)25(23,24)15-6-4-3-5-7-15/h3-9,12,14H,10-11H2,1-2H3/t14-/m1/s1. The Bertz CT molecular complexity index is 900. The van der Waals surface area contributed by atoms with E-state index in [1.165, 1.54) is 34.3 Å². The van der Waals surface area contributed by atoms with Crippen molar-refractivity contribution in [2.75, 3.05) is 18.0 Å². The van der Waals surface area contributed by atoms with Crippen LogP contribution in [0.2, 0.25) is 0 Å². The highest BCUT2D eigenvalue weighted by molar-refractivity contribution is 7.89. The number of nitrogens with zero attached hydrogens (tertiary/aromatic N) is 2. The van der Waals surface area contributed by atoms with Crippen LogP contribution in [0.5, 0.6) is 0 Å². The lowest BCUT2D eigenvalue weighted by molar-refractivity contribution is -0.123. The van der Waals surface area contributed by atoms with E-state index in [-0.39, 0.29) is 23.7 Å². The number of hydrogen-bond donors (Lipinski definition) is 0. The molecule has 2 aromatic rings. The Morgan fingerprint density at radius 3 is 2.44 bits per heavy atom. The van der Waals surface area contributed by atoms with Crippen molar-refractivity contribution in [3.63, 3.8) is 0 Å². The first-order chi connectivity index (χ1) is 11.8. The molecule has 1 aliphatic rings. The van der Waals surface area contributed by atoms with Gasteiger partial charge < -0.3 is 4.90 Å². The number of hydrogen-bond acceptors (Lipinski definition) is 3. The highest BCUT2D eigenvalue weighted by Gasteiger charge is 2.40. The van der Waals surface area contributed by atoms with Gasteiger partial charge in [0.05, 0.1) is 10.6 Å². The molecule has 1 atom stereocenters. The third-order valence-electron chi connectivity index (χ3n) is 4.34. The zero-order valence-corrected chi connectivity index (χ0v) is 14.8. The van der Waals surface area contributed by atoms with Gasteiger partial charge in [-0.1, -0.05) is 24.3 Å². The Morgan fingerprint density at radius 2 is 1.76 bits per heavy atom. The second kappa shape index (κ2) is 6.57. The van der Waals surface area contributed by atoms with Gasteiger partial charge in [-0.05, 0) is 43.7 Å². The summed E-state index contributed by atoms with van der Waals surface area (Å²) in [5, 5.41) is 0. The van der Waals surface area contributed by atoms with Crippen molar-refractivity contribution in [1.29, 1.82) is 0 Å².